The molecule has 150 valence electrons. The second-order valence-corrected chi connectivity index (χ2v) is 9.95. The first kappa shape index (κ1) is 21.0. The largest absolute Gasteiger partial charge is 0.350 e. The molecule has 1 fully saturated rings. The van der Waals surface area contributed by atoms with Gasteiger partial charge in [-0.1, -0.05) is 40.2 Å². The Morgan fingerprint density at radius 1 is 1.07 bits per heavy atom. The van der Waals surface area contributed by atoms with Crippen molar-refractivity contribution in [3.63, 3.8) is 0 Å². The maximum Gasteiger partial charge on any atom is 0.243 e. The molecule has 0 aromatic heterocycles. The molecule has 1 N–H and O–H groups in total. The van der Waals surface area contributed by atoms with E-state index in [1.54, 1.807) is 28.6 Å². The van der Waals surface area contributed by atoms with Gasteiger partial charge in [-0.25, -0.2) is 8.42 Å². The SMILES string of the molecule is C[C@@H](NC(=O)CCc1ccc(S(=O)(=O)N2CCCC2)cc1)c1ccc(Br)cc1. The Morgan fingerprint density at radius 2 is 1.68 bits per heavy atom. The molecule has 5 nitrogen and oxygen atoms in total. The summed E-state index contributed by atoms with van der Waals surface area (Å²) in [6.45, 7) is 3.15. The normalized spacial score (nSPS) is 16.1. The fraction of sp³-hybridized carbons (Fsp3) is 0.381. The van der Waals surface area contributed by atoms with Gasteiger partial charge in [-0.05, 0) is 61.6 Å². The van der Waals surface area contributed by atoms with Crippen LogP contribution in [0.5, 0.6) is 0 Å². The molecule has 1 atom stereocenters. The molecule has 2 aromatic rings. The van der Waals surface area contributed by atoms with Crippen LogP contribution in [0, 0.1) is 0 Å². The lowest BCUT2D eigenvalue weighted by Gasteiger charge is -2.16. The van der Waals surface area contributed by atoms with Crippen LogP contribution in [0.15, 0.2) is 57.9 Å². The minimum atomic E-state index is -3.39. The number of amides is 1. The Labute approximate surface area is 175 Å². The maximum atomic E-state index is 12.5. The number of aryl methyl sites for hydroxylation is 1. The van der Waals surface area contributed by atoms with Crippen LogP contribution in [0.3, 0.4) is 0 Å². The standard InChI is InChI=1S/C21H25BrN2O3S/c1-16(18-7-9-19(22)10-8-18)23-21(25)13-6-17-4-11-20(12-5-17)28(26,27)24-14-2-3-15-24/h4-5,7-12,16H,2-3,6,13-15H2,1H3,(H,23,25)/t16-/m1/s1. The maximum absolute atomic E-state index is 12.5. The van der Waals surface area contributed by atoms with Gasteiger partial charge in [-0.15, -0.1) is 0 Å². The summed E-state index contributed by atoms with van der Waals surface area (Å²) in [5, 5.41) is 3.00. The van der Waals surface area contributed by atoms with Gasteiger partial charge in [0.1, 0.15) is 0 Å². The van der Waals surface area contributed by atoms with E-state index >= 15 is 0 Å². The molecule has 0 aliphatic carbocycles. The lowest BCUT2D eigenvalue weighted by atomic mass is 10.1. The predicted octanol–water partition coefficient (Wildman–Crippen LogP) is 4.04. The van der Waals surface area contributed by atoms with Crippen LogP contribution in [0.4, 0.5) is 0 Å². The van der Waals surface area contributed by atoms with E-state index in [1.807, 2.05) is 31.2 Å². The monoisotopic (exact) mass is 464 g/mol. The second-order valence-electron chi connectivity index (χ2n) is 7.10. The summed E-state index contributed by atoms with van der Waals surface area (Å²) in [6.07, 6.45) is 2.78. The van der Waals surface area contributed by atoms with E-state index < -0.39 is 10.0 Å². The van der Waals surface area contributed by atoms with Crippen LogP contribution in [0.25, 0.3) is 0 Å². The zero-order chi connectivity index (χ0) is 20.1. The number of benzene rings is 2. The van der Waals surface area contributed by atoms with Crippen LogP contribution in [-0.4, -0.2) is 31.7 Å². The van der Waals surface area contributed by atoms with Gasteiger partial charge >= 0.3 is 0 Å². The van der Waals surface area contributed by atoms with E-state index in [0.29, 0.717) is 30.8 Å². The second kappa shape index (κ2) is 9.20. The van der Waals surface area contributed by atoms with E-state index in [-0.39, 0.29) is 11.9 Å². The summed E-state index contributed by atoms with van der Waals surface area (Å²) < 4.78 is 27.6. The molecule has 0 unspecified atom stereocenters. The zero-order valence-corrected chi connectivity index (χ0v) is 18.3. The minimum Gasteiger partial charge on any atom is -0.350 e. The highest BCUT2D eigenvalue weighted by molar-refractivity contribution is 9.10. The molecule has 7 heteroatoms. The highest BCUT2D eigenvalue weighted by Crippen LogP contribution is 2.21. The van der Waals surface area contributed by atoms with Gasteiger partial charge in [-0.2, -0.15) is 4.31 Å². The van der Waals surface area contributed by atoms with Gasteiger partial charge in [0.25, 0.3) is 0 Å². The molecule has 1 aliphatic rings. The van der Waals surface area contributed by atoms with Crippen molar-refractivity contribution in [1.29, 1.82) is 0 Å². The fourth-order valence-corrected chi connectivity index (χ4v) is 5.09. The van der Waals surface area contributed by atoms with E-state index in [4.69, 9.17) is 0 Å². The quantitative estimate of drug-likeness (QED) is 0.671. The number of halogens is 1. The molecule has 1 aliphatic heterocycles. The van der Waals surface area contributed by atoms with E-state index in [9.17, 15) is 13.2 Å². The third kappa shape index (κ3) is 5.21. The van der Waals surface area contributed by atoms with Crippen molar-refractivity contribution in [3.8, 4) is 0 Å². The number of sulfonamides is 1. The molecule has 0 radical (unpaired) electrons. The summed E-state index contributed by atoms with van der Waals surface area (Å²) in [5.74, 6) is -0.0239. The average molecular weight is 465 g/mol. The predicted molar refractivity (Wildman–Crippen MR) is 113 cm³/mol. The van der Waals surface area contributed by atoms with Gasteiger partial charge in [0.05, 0.1) is 10.9 Å². The average Bonchev–Trinajstić information content (AvgIpc) is 3.23. The number of carbonyl (C=O) groups excluding carboxylic acids is 1. The molecule has 28 heavy (non-hydrogen) atoms. The summed E-state index contributed by atoms with van der Waals surface area (Å²) in [4.78, 5) is 12.6. The van der Waals surface area contributed by atoms with Gasteiger partial charge in [0, 0.05) is 24.0 Å². The summed E-state index contributed by atoms with van der Waals surface area (Å²) in [5.41, 5.74) is 2.00. The van der Waals surface area contributed by atoms with Crippen molar-refractivity contribution in [2.45, 2.75) is 43.5 Å². The van der Waals surface area contributed by atoms with Crippen LogP contribution in [0.2, 0.25) is 0 Å². The van der Waals surface area contributed by atoms with Crippen LogP contribution in [0.1, 0.15) is 43.4 Å². The molecule has 2 aromatic carbocycles. The highest BCUT2D eigenvalue weighted by atomic mass is 79.9. The number of hydrogen-bond donors (Lipinski definition) is 1. The van der Waals surface area contributed by atoms with Gasteiger partial charge in [-0.3, -0.25) is 4.79 Å². The van der Waals surface area contributed by atoms with Crippen molar-refractivity contribution in [3.05, 3.63) is 64.1 Å². The van der Waals surface area contributed by atoms with Crippen molar-refractivity contribution >= 4 is 31.9 Å². The Bertz CT molecular complexity index is 906. The summed E-state index contributed by atoms with van der Waals surface area (Å²) in [7, 11) is -3.39. The zero-order valence-electron chi connectivity index (χ0n) is 15.9. The third-order valence-corrected chi connectivity index (χ3v) is 7.46. The van der Waals surface area contributed by atoms with Crippen LogP contribution in [-0.2, 0) is 21.2 Å². The summed E-state index contributed by atoms with van der Waals surface area (Å²) >= 11 is 3.40. The summed E-state index contributed by atoms with van der Waals surface area (Å²) in [6, 6.07) is 14.7. The molecular weight excluding hydrogens is 440 g/mol. The number of nitrogens with zero attached hydrogens (tertiary/aromatic N) is 1. The molecule has 1 amide bonds. The fourth-order valence-electron chi connectivity index (χ4n) is 3.31. The van der Waals surface area contributed by atoms with E-state index in [2.05, 4.69) is 21.2 Å². The molecule has 3 rings (SSSR count). The third-order valence-electron chi connectivity index (χ3n) is 5.01. The first-order valence-electron chi connectivity index (χ1n) is 9.50. The Kier molecular flexibility index (Phi) is 6.91. The highest BCUT2D eigenvalue weighted by Gasteiger charge is 2.26. The van der Waals surface area contributed by atoms with Gasteiger partial charge < -0.3 is 5.32 Å². The first-order chi connectivity index (χ1) is 13.4. The molecule has 1 heterocycles. The lowest BCUT2D eigenvalue weighted by molar-refractivity contribution is -0.121. The molecule has 0 spiro atoms. The topological polar surface area (TPSA) is 66.5 Å². The van der Waals surface area contributed by atoms with Crippen LogP contribution >= 0.6 is 15.9 Å². The smallest absolute Gasteiger partial charge is 0.243 e. The Hall–Kier alpha value is -1.70. The van der Waals surface area contributed by atoms with Gasteiger partial charge in [0.15, 0.2) is 0 Å². The van der Waals surface area contributed by atoms with Crippen molar-refractivity contribution in [1.82, 2.24) is 9.62 Å². The lowest BCUT2D eigenvalue weighted by Crippen LogP contribution is -2.27. The van der Waals surface area contributed by atoms with E-state index in [0.717, 1.165) is 28.4 Å². The molecule has 0 bridgehead atoms. The molecule has 1 saturated heterocycles. The number of hydrogen-bond acceptors (Lipinski definition) is 3. The number of carbonyl (C=O) groups is 1. The Balaban J connectivity index is 1.53. The first-order valence-corrected chi connectivity index (χ1v) is 11.7. The molecular formula is C21H25BrN2O3S. The van der Waals surface area contributed by atoms with Crippen molar-refractivity contribution < 1.29 is 13.2 Å². The van der Waals surface area contributed by atoms with Gasteiger partial charge in [0.2, 0.25) is 15.9 Å². The van der Waals surface area contributed by atoms with Crippen LogP contribution < -0.4 is 5.32 Å². The molecule has 0 saturated carbocycles. The Morgan fingerprint density at radius 3 is 2.29 bits per heavy atom. The van der Waals surface area contributed by atoms with Crippen molar-refractivity contribution in [2.75, 3.05) is 13.1 Å². The van der Waals surface area contributed by atoms with E-state index in [1.165, 1.54) is 0 Å². The number of rotatable bonds is 7. The minimum absolute atomic E-state index is 0.0239. The van der Waals surface area contributed by atoms with Crippen molar-refractivity contribution in [2.24, 2.45) is 0 Å². The number of nitrogens with one attached hydrogen (secondary N) is 1.